The fourth-order valence-corrected chi connectivity index (χ4v) is 11.3. The molecule has 1 saturated carbocycles. The van der Waals surface area contributed by atoms with Gasteiger partial charge in [-0.1, -0.05) is 133 Å². The number of fused-ring (bicyclic) bond motifs is 12. The van der Waals surface area contributed by atoms with E-state index in [-0.39, 0.29) is 0 Å². The van der Waals surface area contributed by atoms with Crippen molar-refractivity contribution in [3.05, 3.63) is 199 Å². The van der Waals surface area contributed by atoms with Gasteiger partial charge in [0.2, 0.25) is 0 Å². The van der Waals surface area contributed by atoms with Gasteiger partial charge < -0.3 is 9.30 Å². The molecule has 4 heterocycles. The molecule has 0 saturated heterocycles. The Hall–Kier alpha value is -6.64. The zero-order valence-electron chi connectivity index (χ0n) is 30.9. The summed E-state index contributed by atoms with van der Waals surface area (Å²) in [5.74, 6) is 1.42. The molecule has 0 bridgehead atoms. The van der Waals surface area contributed by atoms with Crippen LogP contribution in [0, 0.1) is 0 Å². The molecule has 2 aliphatic heterocycles. The van der Waals surface area contributed by atoms with Gasteiger partial charge in [-0.05, 0) is 117 Å². The molecular weight excluding hydrogens is 677 g/mol. The van der Waals surface area contributed by atoms with Crippen molar-refractivity contribution in [3.63, 3.8) is 0 Å². The number of hydrogen-bond donors (Lipinski definition) is 0. The molecule has 0 amide bonds. The third-order valence-corrected chi connectivity index (χ3v) is 13.7. The normalized spacial score (nSPS) is 19.6. The predicted octanol–water partition coefficient (Wildman–Crippen LogP) is 14.1. The lowest BCUT2D eigenvalue weighted by Gasteiger charge is -2.37. The molecule has 1 fully saturated rings. The van der Waals surface area contributed by atoms with E-state index in [1.165, 1.54) is 112 Å². The quantitative estimate of drug-likeness (QED) is 0.176. The average molecular weight is 715 g/mol. The molecule has 4 atom stereocenters. The Morgan fingerprint density at radius 2 is 0.893 bits per heavy atom. The maximum atomic E-state index is 2.77. The molecular formula is C54H38N2. The van der Waals surface area contributed by atoms with E-state index in [0.29, 0.717) is 23.8 Å². The van der Waals surface area contributed by atoms with Crippen LogP contribution in [0.3, 0.4) is 0 Å². The predicted molar refractivity (Wildman–Crippen MR) is 234 cm³/mol. The van der Waals surface area contributed by atoms with Crippen molar-refractivity contribution in [2.24, 2.45) is 0 Å². The Labute approximate surface area is 326 Å². The maximum Gasteiger partial charge on any atom is 0.0620 e. The lowest BCUT2D eigenvalue weighted by molar-refractivity contribution is 0.333. The average Bonchev–Trinajstić information content (AvgIpc) is 3.99. The molecule has 8 aromatic carbocycles. The van der Waals surface area contributed by atoms with Gasteiger partial charge in [-0.3, -0.25) is 0 Å². The Morgan fingerprint density at radius 3 is 1.54 bits per heavy atom. The summed E-state index contributed by atoms with van der Waals surface area (Å²) < 4.78 is 2.59. The minimum atomic E-state index is 0.429. The highest BCUT2D eigenvalue weighted by molar-refractivity contribution is 6.25. The number of hydrogen-bond acceptors (Lipinski definition) is 1. The lowest BCUT2D eigenvalue weighted by Crippen LogP contribution is -2.35. The van der Waals surface area contributed by atoms with Crippen LogP contribution in [0.25, 0.3) is 71.5 Å². The van der Waals surface area contributed by atoms with E-state index in [1.807, 2.05) is 0 Å². The Balaban J connectivity index is 1.08. The molecule has 3 aliphatic rings. The van der Waals surface area contributed by atoms with Gasteiger partial charge in [0.1, 0.15) is 0 Å². The first-order valence-electron chi connectivity index (χ1n) is 20.2. The van der Waals surface area contributed by atoms with E-state index >= 15 is 0 Å². The van der Waals surface area contributed by atoms with Crippen LogP contribution < -0.4 is 4.90 Å². The summed E-state index contributed by atoms with van der Waals surface area (Å²) in [4.78, 5) is 2.77. The minimum Gasteiger partial charge on any atom is -0.337 e. The molecule has 2 nitrogen and oxygen atoms in total. The van der Waals surface area contributed by atoms with Crippen LogP contribution >= 0.6 is 0 Å². The third-order valence-electron chi connectivity index (χ3n) is 13.7. The number of rotatable bonds is 4. The van der Waals surface area contributed by atoms with Crippen LogP contribution in [0.15, 0.2) is 182 Å². The lowest BCUT2D eigenvalue weighted by atomic mass is 9.68. The van der Waals surface area contributed by atoms with E-state index in [1.54, 1.807) is 0 Å². The van der Waals surface area contributed by atoms with Crippen molar-refractivity contribution in [1.82, 2.24) is 4.40 Å². The summed E-state index contributed by atoms with van der Waals surface area (Å²) in [5.41, 5.74) is 18.9. The molecule has 0 radical (unpaired) electrons. The molecule has 0 spiro atoms. The monoisotopic (exact) mass is 714 g/mol. The SMILES string of the molecule is c1ccc(-c2ccc3c(c2)C2CC(c4ccccc4)CC4c5cc6c(cc5N3C24)c2cc(-c3ccccc3)cc3c4cc(-c5ccccc5)ccc4n6c32)cc1. The highest BCUT2D eigenvalue weighted by Crippen LogP contribution is 2.64. The first-order valence-corrected chi connectivity index (χ1v) is 20.2. The van der Waals surface area contributed by atoms with E-state index in [4.69, 9.17) is 0 Å². The second-order valence-corrected chi connectivity index (χ2v) is 16.4. The fraction of sp³-hybridized carbons (Fsp3) is 0.111. The Kier molecular flexibility index (Phi) is 6.27. The number of aromatic nitrogens is 1. The van der Waals surface area contributed by atoms with Crippen LogP contribution in [0.1, 0.15) is 47.3 Å². The van der Waals surface area contributed by atoms with Crippen LogP contribution in [0.2, 0.25) is 0 Å². The molecule has 1 aliphatic carbocycles. The van der Waals surface area contributed by atoms with Gasteiger partial charge in [0.25, 0.3) is 0 Å². The summed E-state index contributed by atoms with van der Waals surface area (Å²) in [6, 6.07) is 69.0. The second kappa shape index (κ2) is 11.4. The topological polar surface area (TPSA) is 7.65 Å². The van der Waals surface area contributed by atoms with Gasteiger partial charge in [0.05, 0.1) is 16.6 Å². The van der Waals surface area contributed by atoms with Crippen molar-refractivity contribution in [2.45, 2.75) is 36.6 Å². The number of benzene rings is 8. The first-order chi connectivity index (χ1) is 27.8. The Bertz CT molecular complexity index is 3150. The highest BCUT2D eigenvalue weighted by atomic mass is 15.2. The fourth-order valence-electron chi connectivity index (χ4n) is 11.3. The van der Waals surface area contributed by atoms with Crippen molar-refractivity contribution in [1.29, 1.82) is 0 Å². The van der Waals surface area contributed by atoms with E-state index < -0.39 is 0 Å². The van der Waals surface area contributed by atoms with Crippen LogP contribution in [0.4, 0.5) is 11.4 Å². The largest absolute Gasteiger partial charge is 0.337 e. The Morgan fingerprint density at radius 1 is 0.375 bits per heavy atom. The second-order valence-electron chi connectivity index (χ2n) is 16.4. The number of nitrogens with zero attached hydrogens (tertiary/aromatic N) is 2. The van der Waals surface area contributed by atoms with E-state index in [2.05, 4.69) is 191 Å². The molecule has 2 aromatic heterocycles. The molecule has 4 unspecified atom stereocenters. The van der Waals surface area contributed by atoms with Crippen LogP contribution in [-0.2, 0) is 0 Å². The summed E-state index contributed by atoms with van der Waals surface area (Å²) in [6.07, 6.45) is 2.34. The van der Waals surface area contributed by atoms with E-state index in [0.717, 1.165) is 0 Å². The third kappa shape index (κ3) is 4.22. The van der Waals surface area contributed by atoms with Crippen molar-refractivity contribution < 1.29 is 0 Å². The summed E-state index contributed by atoms with van der Waals surface area (Å²) in [5, 5.41) is 5.33. The molecule has 2 heteroatoms. The standard InChI is InChI=1S/C54H38N2/c1-5-13-33(14-6-1)37-21-23-49-41(25-37)45-27-39(35-17-9-3-10-18-35)29-47-43-32-52-44(31-51(43)55(49)53(45)47)48-30-40(36-19-11-4-12-20-36)28-46-42-26-38(34-15-7-2-8-16-34)22-24-50(42)56(52)54(46)48/h1-27,29,31-32,40,46,48,54H,28,30H2. The molecule has 264 valence electrons. The van der Waals surface area contributed by atoms with Crippen molar-refractivity contribution >= 4 is 49.5 Å². The van der Waals surface area contributed by atoms with E-state index in [9.17, 15) is 0 Å². The summed E-state index contributed by atoms with van der Waals surface area (Å²) in [6.45, 7) is 0. The maximum absolute atomic E-state index is 2.77. The van der Waals surface area contributed by atoms with Gasteiger partial charge in [0.15, 0.2) is 0 Å². The minimum absolute atomic E-state index is 0.429. The first kappa shape index (κ1) is 30.7. The highest BCUT2D eigenvalue weighted by Gasteiger charge is 2.53. The number of anilines is 2. The van der Waals surface area contributed by atoms with Gasteiger partial charge in [-0.15, -0.1) is 0 Å². The van der Waals surface area contributed by atoms with Gasteiger partial charge >= 0.3 is 0 Å². The molecule has 0 N–H and O–H groups in total. The van der Waals surface area contributed by atoms with Crippen molar-refractivity contribution in [2.75, 3.05) is 4.90 Å². The van der Waals surface area contributed by atoms with Gasteiger partial charge in [-0.2, -0.15) is 0 Å². The van der Waals surface area contributed by atoms with Gasteiger partial charge in [-0.25, -0.2) is 0 Å². The summed E-state index contributed by atoms with van der Waals surface area (Å²) >= 11 is 0. The molecule has 13 rings (SSSR count). The molecule has 56 heavy (non-hydrogen) atoms. The zero-order valence-corrected chi connectivity index (χ0v) is 30.9. The molecule has 10 aromatic rings. The van der Waals surface area contributed by atoms with Crippen molar-refractivity contribution in [3.8, 4) is 33.4 Å². The summed E-state index contributed by atoms with van der Waals surface area (Å²) in [7, 11) is 0. The smallest absolute Gasteiger partial charge is 0.0620 e. The van der Waals surface area contributed by atoms with Gasteiger partial charge in [0, 0.05) is 50.8 Å². The van der Waals surface area contributed by atoms with Crippen LogP contribution in [0.5, 0.6) is 0 Å². The zero-order chi connectivity index (χ0) is 36.5. The van der Waals surface area contributed by atoms with Crippen LogP contribution in [-0.4, -0.2) is 10.4 Å².